The van der Waals surface area contributed by atoms with Crippen LogP contribution in [0.15, 0.2) is 28.8 Å². The van der Waals surface area contributed by atoms with Crippen molar-refractivity contribution in [1.29, 1.82) is 0 Å². The molecular weight excluding hydrogens is 313 g/mol. The van der Waals surface area contributed by atoms with Crippen LogP contribution < -0.4 is 5.73 Å². The Hall–Kier alpha value is -0.220. The lowest BCUT2D eigenvalue weighted by Gasteiger charge is -2.15. The molecule has 0 heterocycles. The van der Waals surface area contributed by atoms with Crippen molar-refractivity contribution in [3.05, 3.63) is 39.3 Å². The first-order valence-electron chi connectivity index (χ1n) is 4.49. The van der Waals surface area contributed by atoms with E-state index in [4.69, 9.17) is 17.3 Å². The van der Waals surface area contributed by atoms with Crippen molar-refractivity contribution in [2.24, 2.45) is 5.73 Å². The maximum absolute atomic E-state index is 9.79. The molecule has 1 aromatic carbocycles. The highest BCUT2D eigenvalue weighted by atomic mass is 79.9. The summed E-state index contributed by atoms with van der Waals surface area (Å²) in [6.45, 7) is 5.69. The molecule has 3 N–H and O–H groups in total. The van der Waals surface area contributed by atoms with Gasteiger partial charge in [0.1, 0.15) is 5.75 Å². The lowest BCUT2D eigenvalue weighted by atomic mass is 10.0. The van der Waals surface area contributed by atoms with E-state index in [0.29, 0.717) is 21.5 Å². The van der Waals surface area contributed by atoms with Crippen molar-refractivity contribution in [3.63, 3.8) is 0 Å². The molecule has 1 aromatic rings. The first kappa shape index (κ1) is 15.8. The van der Waals surface area contributed by atoms with Crippen molar-refractivity contribution >= 4 is 39.9 Å². The highest BCUT2D eigenvalue weighted by Crippen LogP contribution is 2.35. The molecule has 0 amide bonds. The number of phenolic OH excluding ortho intramolecular Hbond substituents is 1. The first-order valence-corrected chi connectivity index (χ1v) is 5.66. The van der Waals surface area contributed by atoms with Crippen LogP contribution in [0.25, 0.3) is 0 Å². The van der Waals surface area contributed by atoms with Gasteiger partial charge < -0.3 is 10.8 Å². The van der Waals surface area contributed by atoms with E-state index in [0.717, 1.165) is 5.57 Å². The average Bonchev–Trinajstić information content (AvgIpc) is 2.09. The molecule has 0 saturated heterocycles. The molecular formula is C11H14BrCl2NO. The van der Waals surface area contributed by atoms with E-state index in [1.54, 1.807) is 12.1 Å². The Bertz CT molecular complexity index is 396. The number of phenols is 1. The van der Waals surface area contributed by atoms with Gasteiger partial charge in [-0.25, -0.2) is 0 Å². The predicted molar refractivity (Wildman–Crippen MR) is 74.4 cm³/mol. The summed E-state index contributed by atoms with van der Waals surface area (Å²) in [5.41, 5.74) is 7.54. The number of hydrogen-bond acceptors (Lipinski definition) is 2. The van der Waals surface area contributed by atoms with Gasteiger partial charge in [0, 0.05) is 16.6 Å². The maximum atomic E-state index is 9.79. The van der Waals surface area contributed by atoms with E-state index in [1.165, 1.54) is 0 Å². The molecule has 0 bridgehead atoms. The SMILES string of the molecule is C=C(C)C[C@H](N)c1cc(Cl)cc(Br)c1O.Cl. The normalized spacial score (nSPS) is 11.8. The average molecular weight is 327 g/mol. The minimum Gasteiger partial charge on any atom is -0.506 e. The molecule has 0 unspecified atom stereocenters. The molecule has 0 aliphatic heterocycles. The molecule has 1 atom stereocenters. The number of benzene rings is 1. The molecule has 5 heteroatoms. The van der Waals surface area contributed by atoms with E-state index in [9.17, 15) is 5.11 Å². The molecule has 1 rings (SSSR count). The summed E-state index contributed by atoms with van der Waals surface area (Å²) in [5.74, 6) is 0.146. The molecule has 16 heavy (non-hydrogen) atoms. The van der Waals surface area contributed by atoms with Crippen LogP contribution in [0.1, 0.15) is 24.9 Å². The van der Waals surface area contributed by atoms with Crippen LogP contribution in [-0.4, -0.2) is 5.11 Å². The summed E-state index contributed by atoms with van der Waals surface area (Å²) < 4.78 is 0.558. The van der Waals surface area contributed by atoms with Gasteiger partial charge in [-0.1, -0.05) is 17.2 Å². The number of nitrogens with two attached hydrogens (primary N) is 1. The van der Waals surface area contributed by atoms with Gasteiger partial charge in [-0.15, -0.1) is 19.0 Å². The predicted octanol–water partition coefficient (Wildman–Crippen LogP) is 4.20. The van der Waals surface area contributed by atoms with Gasteiger partial charge >= 0.3 is 0 Å². The Morgan fingerprint density at radius 1 is 1.62 bits per heavy atom. The van der Waals surface area contributed by atoms with Gasteiger partial charge in [0.25, 0.3) is 0 Å². The topological polar surface area (TPSA) is 46.2 Å². The van der Waals surface area contributed by atoms with Gasteiger partial charge in [0.15, 0.2) is 0 Å². The van der Waals surface area contributed by atoms with Crippen LogP contribution in [0, 0.1) is 0 Å². The van der Waals surface area contributed by atoms with Crippen molar-refractivity contribution in [2.45, 2.75) is 19.4 Å². The van der Waals surface area contributed by atoms with E-state index in [-0.39, 0.29) is 24.2 Å². The van der Waals surface area contributed by atoms with E-state index in [2.05, 4.69) is 22.5 Å². The molecule has 0 aliphatic rings. The van der Waals surface area contributed by atoms with Crippen molar-refractivity contribution < 1.29 is 5.11 Å². The van der Waals surface area contributed by atoms with Crippen LogP contribution in [0.2, 0.25) is 5.02 Å². The summed E-state index contributed by atoms with van der Waals surface area (Å²) in [6.07, 6.45) is 0.625. The zero-order chi connectivity index (χ0) is 11.6. The maximum Gasteiger partial charge on any atom is 0.134 e. The molecule has 0 radical (unpaired) electrons. The van der Waals surface area contributed by atoms with Crippen LogP contribution in [-0.2, 0) is 0 Å². The monoisotopic (exact) mass is 325 g/mol. The fraction of sp³-hybridized carbons (Fsp3) is 0.273. The minimum atomic E-state index is -0.280. The zero-order valence-electron chi connectivity index (χ0n) is 8.84. The van der Waals surface area contributed by atoms with Crippen molar-refractivity contribution in [3.8, 4) is 5.75 Å². The van der Waals surface area contributed by atoms with Gasteiger partial charge in [-0.3, -0.25) is 0 Å². The summed E-state index contributed by atoms with van der Waals surface area (Å²) >= 11 is 9.10. The number of halogens is 3. The van der Waals surface area contributed by atoms with E-state index >= 15 is 0 Å². The molecule has 0 spiro atoms. The fourth-order valence-corrected chi connectivity index (χ4v) is 2.19. The molecule has 0 fully saturated rings. The third-order valence-corrected chi connectivity index (χ3v) is 2.85. The minimum absolute atomic E-state index is 0. The third kappa shape index (κ3) is 3.98. The van der Waals surface area contributed by atoms with Gasteiger partial charge in [-0.05, 0) is 41.4 Å². The zero-order valence-corrected chi connectivity index (χ0v) is 12.0. The first-order chi connectivity index (χ1) is 6.91. The smallest absolute Gasteiger partial charge is 0.134 e. The molecule has 2 nitrogen and oxygen atoms in total. The van der Waals surface area contributed by atoms with Gasteiger partial charge in [0.2, 0.25) is 0 Å². The van der Waals surface area contributed by atoms with Crippen LogP contribution >= 0.6 is 39.9 Å². The fourth-order valence-electron chi connectivity index (χ4n) is 1.35. The second-order valence-corrected chi connectivity index (χ2v) is 4.88. The molecule has 90 valence electrons. The second-order valence-electron chi connectivity index (χ2n) is 3.59. The Balaban J connectivity index is 0.00000225. The van der Waals surface area contributed by atoms with Crippen LogP contribution in [0.5, 0.6) is 5.75 Å². The summed E-state index contributed by atoms with van der Waals surface area (Å²) in [4.78, 5) is 0. The number of aromatic hydroxyl groups is 1. The Morgan fingerprint density at radius 2 is 2.19 bits per heavy atom. The Labute approximate surface area is 115 Å². The molecule has 0 saturated carbocycles. The number of hydrogen-bond donors (Lipinski definition) is 2. The van der Waals surface area contributed by atoms with Crippen LogP contribution in [0.4, 0.5) is 0 Å². The summed E-state index contributed by atoms with van der Waals surface area (Å²) in [7, 11) is 0. The van der Waals surface area contributed by atoms with Crippen LogP contribution in [0.3, 0.4) is 0 Å². The second kappa shape index (κ2) is 6.50. The largest absolute Gasteiger partial charge is 0.506 e. The highest BCUT2D eigenvalue weighted by molar-refractivity contribution is 9.10. The van der Waals surface area contributed by atoms with E-state index in [1.807, 2.05) is 6.92 Å². The third-order valence-electron chi connectivity index (χ3n) is 2.03. The quantitative estimate of drug-likeness (QED) is 0.818. The van der Waals surface area contributed by atoms with E-state index < -0.39 is 0 Å². The number of rotatable bonds is 3. The standard InChI is InChI=1S/C11H13BrClNO.ClH/c1-6(2)3-10(14)8-4-7(13)5-9(12)11(8)15;/h4-5,10,15H,1,3,14H2,2H3;1H/t10-;/m0./s1. The molecule has 0 aliphatic carbocycles. The summed E-state index contributed by atoms with van der Waals surface area (Å²) in [5, 5.41) is 10.3. The Morgan fingerprint density at radius 3 is 2.69 bits per heavy atom. The van der Waals surface area contributed by atoms with Gasteiger partial charge in [-0.2, -0.15) is 0 Å². The van der Waals surface area contributed by atoms with Crippen molar-refractivity contribution in [2.75, 3.05) is 0 Å². The van der Waals surface area contributed by atoms with Gasteiger partial charge in [0.05, 0.1) is 4.47 Å². The lowest BCUT2D eigenvalue weighted by molar-refractivity contribution is 0.457. The lowest BCUT2D eigenvalue weighted by Crippen LogP contribution is -2.10. The molecule has 0 aromatic heterocycles. The van der Waals surface area contributed by atoms with Crippen molar-refractivity contribution in [1.82, 2.24) is 0 Å². The summed E-state index contributed by atoms with van der Waals surface area (Å²) in [6, 6.07) is 3.03. The Kier molecular flexibility index (Phi) is 6.41. The highest BCUT2D eigenvalue weighted by Gasteiger charge is 2.14.